The van der Waals surface area contributed by atoms with Crippen LogP contribution in [0, 0.1) is 0 Å². The van der Waals surface area contributed by atoms with Crippen LogP contribution in [0.4, 0.5) is 5.69 Å². The number of anilines is 1. The zero-order valence-corrected chi connectivity index (χ0v) is 21.1. The molecule has 4 aromatic carbocycles. The van der Waals surface area contributed by atoms with Crippen molar-refractivity contribution >= 4 is 17.3 Å². The average Bonchev–Trinajstić information content (AvgIpc) is 2.92. The summed E-state index contributed by atoms with van der Waals surface area (Å²) in [6, 6.07) is 31.8. The Morgan fingerprint density at radius 3 is 2.31 bits per heavy atom. The van der Waals surface area contributed by atoms with E-state index in [4.69, 9.17) is 9.47 Å². The molecule has 0 saturated heterocycles. The fraction of sp³-hybridized carbons (Fsp3) is 0.212. The predicted octanol–water partition coefficient (Wildman–Crippen LogP) is 7.59. The molecule has 3 nitrogen and oxygen atoms in total. The molecule has 0 spiro atoms. The zero-order valence-electron chi connectivity index (χ0n) is 21.1. The van der Waals surface area contributed by atoms with Gasteiger partial charge in [0, 0.05) is 12.2 Å². The number of hydrogen-bond donors (Lipinski definition) is 1. The molecule has 5 rings (SSSR count). The Balaban J connectivity index is 1.52. The normalized spacial score (nSPS) is 13.8. The minimum atomic E-state index is 0.466. The van der Waals surface area contributed by atoms with Gasteiger partial charge in [-0.25, -0.2) is 0 Å². The predicted molar refractivity (Wildman–Crippen MR) is 150 cm³/mol. The van der Waals surface area contributed by atoms with Crippen molar-refractivity contribution in [3.8, 4) is 11.5 Å². The molecule has 1 N–H and O–H groups in total. The third kappa shape index (κ3) is 5.16. The van der Waals surface area contributed by atoms with Gasteiger partial charge in [-0.2, -0.15) is 0 Å². The molecule has 0 aliphatic carbocycles. The molecule has 0 radical (unpaired) electrons. The standard InChI is InChI=1S/C33H33NO2/c1-3-25-13-10-16-29-28(23-36-32-18-8-7-17-31(32)35-2)21-27-15-9-14-26(33(27)34-22-30(25)29)20-19-24-11-5-4-6-12-24/h4-18,21,34H,3,19-20,22-23H2,1-2H3/b28-21-. The van der Waals surface area contributed by atoms with Gasteiger partial charge >= 0.3 is 0 Å². The summed E-state index contributed by atoms with van der Waals surface area (Å²) in [5, 5.41) is 3.81. The van der Waals surface area contributed by atoms with Gasteiger partial charge in [0.1, 0.15) is 6.61 Å². The summed E-state index contributed by atoms with van der Waals surface area (Å²) in [4.78, 5) is 0. The number of ether oxygens (including phenoxy) is 2. The highest BCUT2D eigenvalue weighted by Crippen LogP contribution is 2.35. The number of nitrogens with one attached hydrogen (secondary N) is 1. The lowest BCUT2D eigenvalue weighted by Crippen LogP contribution is -2.13. The first-order chi connectivity index (χ1) is 17.8. The van der Waals surface area contributed by atoms with E-state index in [9.17, 15) is 0 Å². The van der Waals surface area contributed by atoms with Gasteiger partial charge in [0.15, 0.2) is 11.5 Å². The van der Waals surface area contributed by atoms with Gasteiger partial charge in [0.05, 0.1) is 7.11 Å². The van der Waals surface area contributed by atoms with Crippen molar-refractivity contribution < 1.29 is 9.47 Å². The molecule has 0 atom stereocenters. The van der Waals surface area contributed by atoms with Crippen LogP contribution in [-0.2, 0) is 25.8 Å². The summed E-state index contributed by atoms with van der Waals surface area (Å²) in [6.07, 6.45) is 5.29. The van der Waals surface area contributed by atoms with Crippen LogP contribution < -0.4 is 14.8 Å². The quantitative estimate of drug-likeness (QED) is 0.285. The molecule has 3 heteroatoms. The van der Waals surface area contributed by atoms with Crippen LogP contribution in [0.15, 0.2) is 91.0 Å². The van der Waals surface area contributed by atoms with E-state index in [-0.39, 0.29) is 0 Å². The summed E-state index contributed by atoms with van der Waals surface area (Å²) in [5.41, 5.74) is 10.3. The first kappa shape index (κ1) is 23.7. The number of fused-ring (bicyclic) bond motifs is 2. The summed E-state index contributed by atoms with van der Waals surface area (Å²) in [5.74, 6) is 1.50. The molecule has 0 unspecified atom stereocenters. The van der Waals surface area contributed by atoms with Gasteiger partial charge in [-0.15, -0.1) is 0 Å². The van der Waals surface area contributed by atoms with Crippen molar-refractivity contribution in [2.45, 2.75) is 32.7 Å². The summed E-state index contributed by atoms with van der Waals surface area (Å²) >= 11 is 0. The van der Waals surface area contributed by atoms with Gasteiger partial charge in [0.2, 0.25) is 0 Å². The molecular weight excluding hydrogens is 442 g/mol. The maximum absolute atomic E-state index is 6.33. The van der Waals surface area contributed by atoms with E-state index in [1.807, 2.05) is 24.3 Å². The Morgan fingerprint density at radius 1 is 0.750 bits per heavy atom. The molecule has 0 saturated carbocycles. The minimum Gasteiger partial charge on any atom is -0.493 e. The molecule has 0 amide bonds. The van der Waals surface area contributed by atoms with E-state index in [2.05, 4.69) is 85.0 Å². The van der Waals surface area contributed by atoms with E-state index in [0.29, 0.717) is 6.61 Å². The van der Waals surface area contributed by atoms with E-state index >= 15 is 0 Å². The third-order valence-corrected chi connectivity index (χ3v) is 6.93. The highest BCUT2D eigenvalue weighted by molar-refractivity contribution is 5.89. The second kappa shape index (κ2) is 11.2. The van der Waals surface area contributed by atoms with E-state index in [1.54, 1.807) is 7.11 Å². The molecule has 182 valence electrons. The number of methoxy groups -OCH3 is 1. The van der Waals surface area contributed by atoms with Crippen LogP contribution in [0.1, 0.15) is 40.3 Å². The Hall–Kier alpha value is -3.98. The minimum absolute atomic E-state index is 0.466. The monoisotopic (exact) mass is 475 g/mol. The van der Waals surface area contributed by atoms with E-state index < -0.39 is 0 Å². The van der Waals surface area contributed by atoms with Gasteiger partial charge in [0.25, 0.3) is 0 Å². The lowest BCUT2D eigenvalue weighted by molar-refractivity contribution is 0.331. The number of rotatable bonds is 8. The molecule has 4 aromatic rings. The fourth-order valence-corrected chi connectivity index (χ4v) is 5.02. The molecule has 0 bridgehead atoms. The van der Waals surface area contributed by atoms with Crippen molar-refractivity contribution in [3.05, 3.63) is 124 Å². The lowest BCUT2D eigenvalue weighted by Gasteiger charge is -2.24. The molecule has 36 heavy (non-hydrogen) atoms. The number of para-hydroxylation sites is 3. The Morgan fingerprint density at radius 2 is 1.50 bits per heavy atom. The summed E-state index contributed by atoms with van der Waals surface area (Å²) in [6.45, 7) is 3.48. The van der Waals surface area contributed by atoms with E-state index in [1.165, 1.54) is 44.6 Å². The number of benzene rings is 4. The van der Waals surface area contributed by atoms with Gasteiger partial charge in [-0.1, -0.05) is 85.8 Å². The van der Waals surface area contributed by atoms with Gasteiger partial charge in [-0.3, -0.25) is 0 Å². The van der Waals surface area contributed by atoms with Crippen LogP contribution in [-0.4, -0.2) is 13.7 Å². The van der Waals surface area contributed by atoms with Crippen molar-refractivity contribution in [1.29, 1.82) is 0 Å². The van der Waals surface area contributed by atoms with E-state index in [0.717, 1.165) is 37.3 Å². The largest absolute Gasteiger partial charge is 0.493 e. The van der Waals surface area contributed by atoms with Gasteiger partial charge < -0.3 is 14.8 Å². The van der Waals surface area contributed by atoms with Crippen LogP contribution >= 0.6 is 0 Å². The molecule has 0 fully saturated rings. The second-order valence-electron chi connectivity index (χ2n) is 9.13. The molecule has 1 heterocycles. The Labute approximate surface area is 214 Å². The highest BCUT2D eigenvalue weighted by Gasteiger charge is 2.18. The van der Waals surface area contributed by atoms with Crippen molar-refractivity contribution in [2.75, 3.05) is 19.0 Å². The number of aryl methyl sites for hydroxylation is 3. The fourth-order valence-electron chi connectivity index (χ4n) is 5.02. The smallest absolute Gasteiger partial charge is 0.161 e. The molecule has 1 aliphatic rings. The van der Waals surface area contributed by atoms with Crippen molar-refractivity contribution in [1.82, 2.24) is 0 Å². The average molecular weight is 476 g/mol. The summed E-state index contributed by atoms with van der Waals surface area (Å²) < 4.78 is 11.8. The SMILES string of the molecule is CCc1cccc2c1CNc1c(cccc1CCc1ccccc1)/C=C\2COc1ccccc1OC. The Kier molecular flexibility index (Phi) is 7.37. The first-order valence-corrected chi connectivity index (χ1v) is 12.7. The second-order valence-corrected chi connectivity index (χ2v) is 9.13. The zero-order chi connectivity index (χ0) is 24.7. The van der Waals surface area contributed by atoms with Crippen LogP contribution in [0.2, 0.25) is 0 Å². The molecule has 1 aliphatic heterocycles. The topological polar surface area (TPSA) is 30.5 Å². The lowest BCUT2D eigenvalue weighted by atomic mass is 9.90. The van der Waals surface area contributed by atoms with Crippen molar-refractivity contribution in [3.63, 3.8) is 0 Å². The van der Waals surface area contributed by atoms with Crippen molar-refractivity contribution in [2.24, 2.45) is 0 Å². The molecular formula is C33H33NO2. The first-order valence-electron chi connectivity index (χ1n) is 12.7. The van der Waals surface area contributed by atoms with Crippen LogP contribution in [0.25, 0.3) is 11.6 Å². The maximum atomic E-state index is 6.33. The highest BCUT2D eigenvalue weighted by atomic mass is 16.5. The van der Waals surface area contributed by atoms with Crippen LogP contribution in [0.5, 0.6) is 11.5 Å². The third-order valence-electron chi connectivity index (χ3n) is 6.93. The van der Waals surface area contributed by atoms with Crippen LogP contribution in [0.3, 0.4) is 0 Å². The Bertz CT molecular complexity index is 1360. The number of hydrogen-bond acceptors (Lipinski definition) is 3. The maximum Gasteiger partial charge on any atom is 0.161 e. The molecule has 0 aromatic heterocycles. The van der Waals surface area contributed by atoms with Gasteiger partial charge in [-0.05, 0) is 76.4 Å². The summed E-state index contributed by atoms with van der Waals surface area (Å²) in [7, 11) is 1.68.